The number of rotatable bonds is 3. The Bertz CT molecular complexity index is 502. The predicted octanol–water partition coefficient (Wildman–Crippen LogP) is 4.21. The van der Waals surface area contributed by atoms with Crippen molar-refractivity contribution >= 4 is 23.2 Å². The molecule has 0 amide bonds. The quantitative estimate of drug-likeness (QED) is 0.833. The second-order valence-electron chi connectivity index (χ2n) is 4.60. The fraction of sp³-hybridized carbons (Fsp3) is 0.200. The molecule has 0 aromatic heterocycles. The lowest BCUT2D eigenvalue weighted by molar-refractivity contribution is 0.473. The highest BCUT2D eigenvalue weighted by Gasteiger charge is 2.35. The molecule has 2 nitrogen and oxygen atoms in total. The Morgan fingerprint density at radius 1 is 0.789 bits per heavy atom. The number of phenols is 2. The highest BCUT2D eigenvalue weighted by Crippen LogP contribution is 2.40. The first kappa shape index (κ1) is 14.0. The van der Waals surface area contributed by atoms with Gasteiger partial charge in [0, 0.05) is 5.41 Å². The molecule has 0 heterocycles. The first-order valence-electron chi connectivity index (χ1n) is 5.82. The van der Waals surface area contributed by atoms with Crippen LogP contribution in [0.15, 0.2) is 48.5 Å². The molecule has 0 aliphatic carbocycles. The Hall–Kier alpha value is -1.38. The average Bonchev–Trinajstić information content (AvgIpc) is 2.39. The zero-order chi connectivity index (χ0) is 14.0. The molecule has 4 heteroatoms. The SMILES string of the molecule is CC(c1ccc(O)cc1)(c1ccc(O)cc1)C(Cl)Cl. The second-order valence-corrected chi connectivity index (χ2v) is 5.69. The summed E-state index contributed by atoms with van der Waals surface area (Å²) in [5, 5.41) is 18.7. The smallest absolute Gasteiger partial charge is 0.121 e. The second kappa shape index (κ2) is 5.32. The lowest BCUT2D eigenvalue weighted by Crippen LogP contribution is -2.30. The van der Waals surface area contributed by atoms with Gasteiger partial charge in [0.25, 0.3) is 0 Å². The molecule has 0 bridgehead atoms. The van der Waals surface area contributed by atoms with E-state index in [2.05, 4.69) is 0 Å². The van der Waals surface area contributed by atoms with Crippen molar-refractivity contribution in [3.8, 4) is 11.5 Å². The van der Waals surface area contributed by atoms with E-state index in [-0.39, 0.29) is 11.5 Å². The third-order valence-electron chi connectivity index (χ3n) is 3.37. The van der Waals surface area contributed by atoms with Gasteiger partial charge in [-0.15, -0.1) is 23.2 Å². The van der Waals surface area contributed by atoms with E-state index in [1.54, 1.807) is 48.5 Å². The maximum Gasteiger partial charge on any atom is 0.121 e. The van der Waals surface area contributed by atoms with Crippen molar-refractivity contribution in [2.24, 2.45) is 0 Å². The summed E-state index contributed by atoms with van der Waals surface area (Å²) < 4.78 is 0. The van der Waals surface area contributed by atoms with E-state index in [4.69, 9.17) is 23.2 Å². The summed E-state index contributed by atoms with van der Waals surface area (Å²) in [6.07, 6.45) is 0. The summed E-state index contributed by atoms with van der Waals surface area (Å²) >= 11 is 12.3. The number of alkyl halides is 2. The number of phenolic OH excluding ortho intramolecular Hbond substituents is 2. The highest BCUT2D eigenvalue weighted by atomic mass is 35.5. The molecule has 0 aliphatic heterocycles. The number of aromatic hydroxyl groups is 2. The fourth-order valence-corrected chi connectivity index (χ4v) is 2.54. The van der Waals surface area contributed by atoms with E-state index in [0.717, 1.165) is 11.1 Å². The van der Waals surface area contributed by atoms with Gasteiger partial charge in [0.15, 0.2) is 0 Å². The van der Waals surface area contributed by atoms with Crippen LogP contribution in [0.2, 0.25) is 0 Å². The topological polar surface area (TPSA) is 40.5 Å². The van der Waals surface area contributed by atoms with Gasteiger partial charge in [-0.2, -0.15) is 0 Å². The van der Waals surface area contributed by atoms with Crippen LogP contribution in [-0.2, 0) is 5.41 Å². The molecule has 2 aromatic carbocycles. The summed E-state index contributed by atoms with van der Waals surface area (Å²) in [6.45, 7) is 1.93. The molecule has 0 fully saturated rings. The molecule has 2 aromatic rings. The van der Waals surface area contributed by atoms with E-state index in [9.17, 15) is 10.2 Å². The van der Waals surface area contributed by atoms with Crippen LogP contribution in [0.25, 0.3) is 0 Å². The Morgan fingerprint density at radius 3 is 1.37 bits per heavy atom. The van der Waals surface area contributed by atoms with Gasteiger partial charge in [-0.3, -0.25) is 0 Å². The van der Waals surface area contributed by atoms with Crippen molar-refractivity contribution in [3.05, 3.63) is 59.7 Å². The van der Waals surface area contributed by atoms with Crippen LogP contribution in [0.4, 0.5) is 0 Å². The molecule has 0 atom stereocenters. The van der Waals surface area contributed by atoms with Gasteiger partial charge in [0.05, 0.1) is 0 Å². The largest absolute Gasteiger partial charge is 0.508 e. The molecule has 100 valence electrons. The van der Waals surface area contributed by atoms with Crippen molar-refractivity contribution in [2.45, 2.75) is 17.2 Å². The van der Waals surface area contributed by atoms with Gasteiger partial charge in [-0.25, -0.2) is 0 Å². The van der Waals surface area contributed by atoms with Gasteiger partial charge in [-0.1, -0.05) is 24.3 Å². The summed E-state index contributed by atoms with van der Waals surface area (Å²) in [7, 11) is 0. The Morgan fingerprint density at radius 2 is 1.11 bits per heavy atom. The third kappa shape index (κ3) is 2.65. The lowest BCUT2D eigenvalue weighted by Gasteiger charge is -2.32. The van der Waals surface area contributed by atoms with Gasteiger partial charge < -0.3 is 10.2 Å². The maximum atomic E-state index is 9.37. The normalized spacial score (nSPS) is 11.8. The van der Waals surface area contributed by atoms with Gasteiger partial charge in [-0.05, 0) is 42.3 Å². The highest BCUT2D eigenvalue weighted by molar-refractivity contribution is 6.45. The molecule has 0 saturated carbocycles. The lowest BCUT2D eigenvalue weighted by atomic mass is 9.77. The molecule has 19 heavy (non-hydrogen) atoms. The third-order valence-corrected chi connectivity index (χ3v) is 4.24. The van der Waals surface area contributed by atoms with Gasteiger partial charge in [0.2, 0.25) is 0 Å². The van der Waals surface area contributed by atoms with Crippen LogP contribution >= 0.6 is 23.2 Å². The molecule has 2 N–H and O–H groups in total. The monoisotopic (exact) mass is 296 g/mol. The van der Waals surface area contributed by atoms with E-state index in [0.29, 0.717) is 0 Å². The zero-order valence-corrected chi connectivity index (χ0v) is 11.9. The molecule has 0 aliphatic rings. The van der Waals surface area contributed by atoms with Crippen LogP contribution < -0.4 is 0 Å². The van der Waals surface area contributed by atoms with Crippen LogP contribution in [0.3, 0.4) is 0 Å². The van der Waals surface area contributed by atoms with Gasteiger partial charge >= 0.3 is 0 Å². The number of benzene rings is 2. The van der Waals surface area contributed by atoms with Crippen molar-refractivity contribution in [3.63, 3.8) is 0 Å². The molecule has 0 saturated heterocycles. The summed E-state index contributed by atoms with van der Waals surface area (Å²) in [5.41, 5.74) is 1.17. The van der Waals surface area contributed by atoms with Crippen LogP contribution in [0.1, 0.15) is 18.1 Å². The Balaban J connectivity index is 2.54. The van der Waals surface area contributed by atoms with Crippen molar-refractivity contribution < 1.29 is 10.2 Å². The van der Waals surface area contributed by atoms with E-state index in [1.165, 1.54) is 0 Å². The number of halogens is 2. The molecule has 2 rings (SSSR count). The van der Waals surface area contributed by atoms with E-state index in [1.807, 2.05) is 6.92 Å². The standard InChI is InChI=1S/C15H14Cl2O2/c1-15(14(16)17,10-2-6-12(18)7-3-10)11-4-8-13(19)9-5-11/h2-9,14,18-19H,1H3. The molecule has 0 spiro atoms. The van der Waals surface area contributed by atoms with Crippen molar-refractivity contribution in [1.82, 2.24) is 0 Å². The van der Waals surface area contributed by atoms with Crippen LogP contribution in [0.5, 0.6) is 11.5 Å². The predicted molar refractivity (Wildman–Crippen MR) is 78.2 cm³/mol. The molecule has 0 unspecified atom stereocenters. The molecular weight excluding hydrogens is 283 g/mol. The van der Waals surface area contributed by atoms with Crippen LogP contribution in [0, 0.1) is 0 Å². The fourth-order valence-electron chi connectivity index (χ4n) is 2.03. The zero-order valence-electron chi connectivity index (χ0n) is 10.3. The minimum atomic E-state index is -0.665. The van der Waals surface area contributed by atoms with Gasteiger partial charge in [0.1, 0.15) is 16.3 Å². The molecule has 0 radical (unpaired) electrons. The number of hydrogen-bond acceptors (Lipinski definition) is 2. The average molecular weight is 297 g/mol. The first-order chi connectivity index (χ1) is 8.94. The summed E-state index contributed by atoms with van der Waals surface area (Å²) in [4.78, 5) is -0.665. The Kier molecular flexibility index (Phi) is 3.93. The van der Waals surface area contributed by atoms with E-state index < -0.39 is 10.3 Å². The molecular formula is C15H14Cl2O2. The minimum absolute atomic E-state index is 0.192. The summed E-state index contributed by atoms with van der Waals surface area (Å²) in [5.74, 6) is 0.384. The van der Waals surface area contributed by atoms with Crippen molar-refractivity contribution in [1.29, 1.82) is 0 Å². The Labute approximate surface area is 122 Å². The van der Waals surface area contributed by atoms with E-state index >= 15 is 0 Å². The summed E-state index contributed by atoms with van der Waals surface area (Å²) in [6, 6.07) is 13.6. The van der Waals surface area contributed by atoms with Crippen LogP contribution in [-0.4, -0.2) is 15.0 Å². The maximum absolute atomic E-state index is 9.37. The first-order valence-corrected chi connectivity index (χ1v) is 6.69. The van der Waals surface area contributed by atoms with Crippen molar-refractivity contribution in [2.75, 3.05) is 0 Å². The minimum Gasteiger partial charge on any atom is -0.508 e. The number of hydrogen-bond donors (Lipinski definition) is 2.